The van der Waals surface area contributed by atoms with Crippen LogP contribution in [-0.4, -0.2) is 25.0 Å². The van der Waals surface area contributed by atoms with Gasteiger partial charge in [-0.2, -0.15) is 0 Å². The normalized spacial score (nSPS) is 20.3. The third-order valence-corrected chi connectivity index (χ3v) is 4.63. The summed E-state index contributed by atoms with van der Waals surface area (Å²) in [6.07, 6.45) is 13.6. The van der Waals surface area contributed by atoms with E-state index >= 15 is 0 Å². The summed E-state index contributed by atoms with van der Waals surface area (Å²) in [5, 5.41) is 2.97. The lowest BCUT2D eigenvalue weighted by Gasteiger charge is -2.34. The van der Waals surface area contributed by atoms with Gasteiger partial charge < -0.3 is 10.1 Å². The van der Waals surface area contributed by atoms with E-state index in [2.05, 4.69) is 12.2 Å². The molecule has 1 amide bonds. The minimum Gasteiger partial charge on any atom is -0.469 e. The van der Waals surface area contributed by atoms with Gasteiger partial charge in [-0.15, -0.1) is 0 Å². The Balaban J connectivity index is 1.95. The molecule has 0 unspecified atom stereocenters. The number of unbranched alkanes of at least 4 members (excludes halogenated alkanes) is 8. The predicted molar refractivity (Wildman–Crippen MR) is 88.5 cm³/mol. The number of carbonyl (C=O) groups is 2. The first-order valence-electron chi connectivity index (χ1n) is 9.06. The van der Waals surface area contributed by atoms with E-state index in [9.17, 15) is 9.59 Å². The predicted octanol–water partition coefficient (Wildman–Crippen LogP) is 3.98. The largest absolute Gasteiger partial charge is 0.469 e. The number of hydrogen-bond acceptors (Lipinski definition) is 3. The summed E-state index contributed by atoms with van der Waals surface area (Å²) >= 11 is 0. The Morgan fingerprint density at radius 2 is 1.55 bits per heavy atom. The van der Waals surface area contributed by atoms with Crippen LogP contribution in [0.2, 0.25) is 0 Å². The van der Waals surface area contributed by atoms with Crippen LogP contribution in [0.25, 0.3) is 0 Å². The summed E-state index contributed by atoms with van der Waals surface area (Å²) < 4.78 is 4.74. The van der Waals surface area contributed by atoms with Crippen molar-refractivity contribution in [2.24, 2.45) is 5.92 Å². The van der Waals surface area contributed by atoms with E-state index in [1.54, 1.807) is 0 Å². The van der Waals surface area contributed by atoms with E-state index in [0.29, 0.717) is 6.42 Å². The molecule has 1 aliphatic rings. The third kappa shape index (κ3) is 7.28. The van der Waals surface area contributed by atoms with Gasteiger partial charge in [0.15, 0.2) is 0 Å². The quantitative estimate of drug-likeness (QED) is 0.438. The number of rotatable bonds is 12. The van der Waals surface area contributed by atoms with E-state index in [4.69, 9.17) is 4.74 Å². The SMILES string of the molecule is CCCCCCCCCCCC(=O)N[C@H]1CC[C@@H]1C(=O)OC. The fourth-order valence-corrected chi connectivity index (χ4v) is 2.98. The van der Waals surface area contributed by atoms with Crippen LogP contribution < -0.4 is 5.32 Å². The van der Waals surface area contributed by atoms with Gasteiger partial charge in [0.2, 0.25) is 5.91 Å². The second kappa shape index (κ2) is 11.5. The van der Waals surface area contributed by atoms with Crippen LogP contribution in [0.5, 0.6) is 0 Å². The molecule has 0 aromatic carbocycles. The van der Waals surface area contributed by atoms with E-state index < -0.39 is 0 Å². The Morgan fingerprint density at radius 3 is 2.05 bits per heavy atom. The molecule has 1 N–H and O–H groups in total. The molecule has 4 nitrogen and oxygen atoms in total. The van der Waals surface area contributed by atoms with Crippen LogP contribution in [0.4, 0.5) is 0 Å². The van der Waals surface area contributed by atoms with Crippen LogP contribution in [0.15, 0.2) is 0 Å². The first-order valence-corrected chi connectivity index (χ1v) is 9.06. The number of amides is 1. The number of hydrogen-bond donors (Lipinski definition) is 1. The highest BCUT2D eigenvalue weighted by Gasteiger charge is 2.38. The van der Waals surface area contributed by atoms with Crippen molar-refractivity contribution < 1.29 is 14.3 Å². The van der Waals surface area contributed by atoms with E-state index in [1.807, 2.05) is 0 Å². The Hall–Kier alpha value is -1.06. The second-order valence-corrected chi connectivity index (χ2v) is 6.46. The zero-order chi connectivity index (χ0) is 16.2. The van der Waals surface area contributed by atoms with Gasteiger partial charge in [-0.1, -0.05) is 58.3 Å². The van der Waals surface area contributed by atoms with Gasteiger partial charge in [-0.25, -0.2) is 0 Å². The average molecular weight is 311 g/mol. The Labute approximate surface area is 135 Å². The number of esters is 1. The van der Waals surface area contributed by atoms with E-state index in [1.165, 1.54) is 52.1 Å². The first-order chi connectivity index (χ1) is 10.7. The van der Waals surface area contributed by atoms with Crippen molar-refractivity contribution in [3.63, 3.8) is 0 Å². The lowest BCUT2D eigenvalue weighted by Crippen LogP contribution is -2.50. The van der Waals surface area contributed by atoms with E-state index in [0.717, 1.165) is 25.7 Å². The van der Waals surface area contributed by atoms with Crippen molar-refractivity contribution in [2.45, 2.75) is 90.0 Å². The molecule has 0 aromatic heterocycles. The molecule has 22 heavy (non-hydrogen) atoms. The van der Waals surface area contributed by atoms with Gasteiger partial charge in [-0.05, 0) is 19.3 Å². The minimum absolute atomic E-state index is 0.00137. The number of nitrogens with one attached hydrogen (secondary N) is 1. The summed E-state index contributed by atoms with van der Waals surface area (Å²) in [6, 6.07) is -0.00137. The molecule has 128 valence electrons. The molecular weight excluding hydrogens is 278 g/mol. The zero-order valence-corrected chi connectivity index (χ0v) is 14.4. The van der Waals surface area contributed by atoms with Crippen molar-refractivity contribution in [3.05, 3.63) is 0 Å². The van der Waals surface area contributed by atoms with E-state index in [-0.39, 0.29) is 23.8 Å². The standard InChI is InChI=1S/C18H33NO3/c1-3-4-5-6-7-8-9-10-11-12-17(20)19-16-14-13-15(16)18(21)22-2/h15-16H,3-14H2,1-2H3,(H,19,20)/t15-,16-/m0/s1. The molecule has 0 bridgehead atoms. The molecule has 0 radical (unpaired) electrons. The fourth-order valence-electron chi connectivity index (χ4n) is 2.98. The van der Waals surface area contributed by atoms with Gasteiger partial charge in [0, 0.05) is 12.5 Å². The summed E-state index contributed by atoms with van der Waals surface area (Å²) in [4.78, 5) is 23.3. The van der Waals surface area contributed by atoms with Crippen LogP contribution in [0.3, 0.4) is 0 Å². The van der Waals surface area contributed by atoms with Gasteiger partial charge >= 0.3 is 5.97 Å². The fraction of sp³-hybridized carbons (Fsp3) is 0.889. The van der Waals surface area contributed by atoms with Crippen molar-refractivity contribution in [1.82, 2.24) is 5.32 Å². The maximum absolute atomic E-state index is 11.8. The monoisotopic (exact) mass is 311 g/mol. The van der Waals surface area contributed by atoms with Gasteiger partial charge in [0.1, 0.15) is 0 Å². The Kier molecular flexibility index (Phi) is 9.93. The molecule has 0 aromatic rings. The number of methoxy groups -OCH3 is 1. The molecular formula is C18H33NO3. The summed E-state index contributed by atoms with van der Waals surface area (Å²) in [5.74, 6) is -0.238. The van der Waals surface area contributed by atoms with Crippen LogP contribution in [0.1, 0.15) is 84.0 Å². The van der Waals surface area contributed by atoms with Crippen LogP contribution >= 0.6 is 0 Å². The molecule has 0 heterocycles. The molecule has 1 rings (SSSR count). The van der Waals surface area contributed by atoms with Gasteiger partial charge in [0.25, 0.3) is 0 Å². The smallest absolute Gasteiger partial charge is 0.310 e. The highest BCUT2D eigenvalue weighted by atomic mass is 16.5. The molecule has 2 atom stereocenters. The van der Waals surface area contributed by atoms with Gasteiger partial charge in [-0.3, -0.25) is 9.59 Å². The zero-order valence-electron chi connectivity index (χ0n) is 14.4. The number of carbonyl (C=O) groups excluding carboxylic acids is 2. The highest BCUT2D eigenvalue weighted by molar-refractivity contribution is 5.79. The van der Waals surface area contributed by atoms with Crippen molar-refractivity contribution >= 4 is 11.9 Å². The summed E-state index contributed by atoms with van der Waals surface area (Å²) in [6.45, 7) is 2.24. The Bertz CT molecular complexity index is 330. The molecule has 0 spiro atoms. The molecule has 1 aliphatic carbocycles. The molecule has 0 aliphatic heterocycles. The summed E-state index contributed by atoms with van der Waals surface area (Å²) in [5.41, 5.74) is 0. The van der Waals surface area contributed by atoms with Gasteiger partial charge in [0.05, 0.1) is 13.0 Å². The molecule has 4 heteroatoms. The lowest BCUT2D eigenvalue weighted by atomic mass is 9.79. The Morgan fingerprint density at radius 1 is 0.955 bits per heavy atom. The second-order valence-electron chi connectivity index (χ2n) is 6.46. The first kappa shape index (κ1) is 19.0. The average Bonchev–Trinajstić information content (AvgIpc) is 2.49. The highest BCUT2D eigenvalue weighted by Crippen LogP contribution is 2.28. The molecule has 0 saturated heterocycles. The van der Waals surface area contributed by atoms with Crippen LogP contribution in [0, 0.1) is 5.92 Å². The van der Waals surface area contributed by atoms with Crippen molar-refractivity contribution in [1.29, 1.82) is 0 Å². The maximum Gasteiger partial charge on any atom is 0.310 e. The molecule has 1 saturated carbocycles. The molecule has 1 fully saturated rings. The lowest BCUT2D eigenvalue weighted by molar-refractivity contribution is -0.150. The maximum atomic E-state index is 11.8. The number of ether oxygens (including phenoxy) is 1. The van der Waals surface area contributed by atoms with Crippen molar-refractivity contribution in [2.75, 3.05) is 7.11 Å². The van der Waals surface area contributed by atoms with Crippen molar-refractivity contribution in [3.8, 4) is 0 Å². The minimum atomic E-state index is -0.195. The summed E-state index contributed by atoms with van der Waals surface area (Å²) in [7, 11) is 1.40. The third-order valence-electron chi connectivity index (χ3n) is 4.63. The topological polar surface area (TPSA) is 55.4 Å². The van der Waals surface area contributed by atoms with Crippen LogP contribution in [-0.2, 0) is 14.3 Å².